The first-order valence-electron chi connectivity index (χ1n) is 9.56. The van der Waals surface area contributed by atoms with Gasteiger partial charge >= 0.3 is 5.97 Å². The number of rotatable bonds is 2. The van der Waals surface area contributed by atoms with Gasteiger partial charge in [0.15, 0.2) is 0 Å². The molecule has 0 amide bonds. The van der Waals surface area contributed by atoms with Crippen LogP contribution in [-0.4, -0.2) is 18.1 Å². The van der Waals surface area contributed by atoms with Crippen LogP contribution in [0.2, 0.25) is 0 Å². The van der Waals surface area contributed by atoms with Crippen molar-refractivity contribution in [3.63, 3.8) is 0 Å². The number of aryl methyl sites for hydroxylation is 3. The molecule has 1 aliphatic carbocycles. The predicted molar refractivity (Wildman–Crippen MR) is 114 cm³/mol. The highest BCUT2D eigenvalue weighted by atomic mass is 79.9. The minimum absolute atomic E-state index is 0.00463. The van der Waals surface area contributed by atoms with E-state index in [1.807, 2.05) is 6.20 Å². The topological polar surface area (TPSA) is 39.2 Å². The van der Waals surface area contributed by atoms with Gasteiger partial charge in [0, 0.05) is 16.6 Å². The van der Waals surface area contributed by atoms with Crippen LogP contribution < -0.4 is 0 Å². The Bertz CT molecular complexity index is 745. The van der Waals surface area contributed by atoms with Crippen molar-refractivity contribution in [1.29, 1.82) is 0 Å². The molecule has 1 unspecified atom stereocenters. The first-order chi connectivity index (χ1) is 12.7. The number of benzene rings is 1. The summed E-state index contributed by atoms with van der Waals surface area (Å²) in [5.41, 5.74) is 6.99. The highest BCUT2D eigenvalue weighted by Crippen LogP contribution is 2.38. The van der Waals surface area contributed by atoms with Crippen molar-refractivity contribution in [2.75, 3.05) is 7.11 Å². The molecule has 3 nitrogen and oxygen atoms in total. The number of esters is 1. The molecule has 0 aliphatic heterocycles. The summed E-state index contributed by atoms with van der Waals surface area (Å²) in [7, 11) is 1.39. The Morgan fingerprint density at radius 1 is 1.15 bits per heavy atom. The van der Waals surface area contributed by atoms with E-state index in [-0.39, 0.29) is 11.9 Å². The fourth-order valence-electron chi connectivity index (χ4n) is 3.55. The first-order valence-corrected chi connectivity index (χ1v) is 10.4. The largest absolute Gasteiger partial charge is 0.469 e. The van der Waals surface area contributed by atoms with Crippen molar-refractivity contribution in [3.8, 4) is 0 Å². The van der Waals surface area contributed by atoms with Gasteiger partial charge in [0.1, 0.15) is 0 Å². The molecule has 0 fully saturated rings. The Labute approximate surface area is 171 Å². The number of hydrogen-bond acceptors (Lipinski definition) is 3. The van der Waals surface area contributed by atoms with Crippen LogP contribution in [0.3, 0.4) is 0 Å². The molecule has 1 heterocycles. The SMILES string of the molecule is COC(=O)C(C)C.Cc1ccc2c(c1)CCc1cc(Br)cnc1C2C(C)C. The van der Waals surface area contributed by atoms with Crippen molar-refractivity contribution < 1.29 is 9.53 Å². The minimum Gasteiger partial charge on any atom is -0.469 e. The molecular weight excluding hydrogens is 402 g/mol. The number of halogens is 1. The van der Waals surface area contributed by atoms with Crippen molar-refractivity contribution >= 4 is 21.9 Å². The van der Waals surface area contributed by atoms with Gasteiger partial charge in [-0.3, -0.25) is 9.78 Å². The maximum Gasteiger partial charge on any atom is 0.308 e. The predicted octanol–water partition coefficient (Wildman–Crippen LogP) is 5.85. The third-order valence-corrected chi connectivity index (χ3v) is 5.33. The summed E-state index contributed by atoms with van der Waals surface area (Å²) in [5, 5.41) is 0. The molecule has 0 N–H and O–H groups in total. The van der Waals surface area contributed by atoms with E-state index in [0.717, 1.165) is 17.3 Å². The summed E-state index contributed by atoms with van der Waals surface area (Å²) in [6, 6.07) is 9.15. The second-order valence-corrected chi connectivity index (χ2v) is 8.72. The van der Waals surface area contributed by atoms with E-state index in [9.17, 15) is 4.79 Å². The first kappa shape index (κ1) is 21.6. The third kappa shape index (κ3) is 5.41. The second-order valence-electron chi connectivity index (χ2n) is 7.80. The Morgan fingerprint density at radius 3 is 2.37 bits per heavy atom. The Morgan fingerprint density at radius 2 is 1.81 bits per heavy atom. The van der Waals surface area contributed by atoms with E-state index in [1.165, 1.54) is 35.1 Å². The fraction of sp³-hybridized carbons (Fsp3) is 0.478. The van der Waals surface area contributed by atoms with Crippen LogP contribution in [0.5, 0.6) is 0 Å². The Hall–Kier alpha value is -1.68. The van der Waals surface area contributed by atoms with Gasteiger partial charge in [-0.1, -0.05) is 51.5 Å². The van der Waals surface area contributed by atoms with Crippen LogP contribution in [0, 0.1) is 18.8 Å². The van der Waals surface area contributed by atoms with Crippen molar-refractivity contribution in [1.82, 2.24) is 4.98 Å². The third-order valence-electron chi connectivity index (χ3n) is 4.90. The molecule has 1 aliphatic rings. The van der Waals surface area contributed by atoms with E-state index >= 15 is 0 Å². The number of carbonyl (C=O) groups excluding carboxylic acids is 1. The van der Waals surface area contributed by atoms with Crippen LogP contribution in [0.4, 0.5) is 0 Å². The summed E-state index contributed by atoms with van der Waals surface area (Å²) in [5.74, 6) is 0.822. The molecule has 4 heteroatoms. The highest BCUT2D eigenvalue weighted by molar-refractivity contribution is 9.10. The van der Waals surface area contributed by atoms with Crippen molar-refractivity contribution in [2.45, 2.75) is 53.4 Å². The molecule has 0 saturated carbocycles. The molecule has 1 atom stereocenters. The quantitative estimate of drug-likeness (QED) is 0.559. The van der Waals surface area contributed by atoms with Crippen LogP contribution in [-0.2, 0) is 22.4 Å². The van der Waals surface area contributed by atoms with Crippen LogP contribution >= 0.6 is 15.9 Å². The van der Waals surface area contributed by atoms with Gasteiger partial charge in [-0.25, -0.2) is 0 Å². The molecule has 0 spiro atoms. The van der Waals surface area contributed by atoms with E-state index in [2.05, 4.69) is 65.7 Å². The van der Waals surface area contributed by atoms with Crippen LogP contribution in [0.15, 0.2) is 34.9 Å². The van der Waals surface area contributed by atoms with Crippen LogP contribution in [0.25, 0.3) is 0 Å². The number of nitrogens with zero attached hydrogens (tertiary/aromatic N) is 1. The maximum absolute atomic E-state index is 10.3. The number of ether oxygens (including phenoxy) is 1. The van der Waals surface area contributed by atoms with E-state index in [4.69, 9.17) is 4.98 Å². The van der Waals surface area contributed by atoms with Gasteiger partial charge in [-0.05, 0) is 64.4 Å². The molecular formula is C23H30BrNO2. The lowest BCUT2D eigenvalue weighted by atomic mass is 9.83. The van der Waals surface area contributed by atoms with Crippen LogP contribution in [0.1, 0.15) is 61.6 Å². The van der Waals surface area contributed by atoms with Crippen molar-refractivity contribution in [3.05, 3.63) is 62.9 Å². The zero-order valence-electron chi connectivity index (χ0n) is 17.2. The Balaban J connectivity index is 0.000000321. The molecule has 146 valence electrons. The molecule has 0 saturated heterocycles. The van der Waals surface area contributed by atoms with E-state index in [0.29, 0.717) is 11.8 Å². The number of fused-ring (bicyclic) bond motifs is 2. The van der Waals surface area contributed by atoms with Crippen molar-refractivity contribution in [2.24, 2.45) is 11.8 Å². The van der Waals surface area contributed by atoms with Gasteiger partial charge in [-0.2, -0.15) is 0 Å². The highest BCUT2D eigenvalue weighted by Gasteiger charge is 2.27. The number of carbonyl (C=O) groups is 1. The lowest BCUT2D eigenvalue weighted by Crippen LogP contribution is -2.12. The zero-order chi connectivity index (χ0) is 20.1. The summed E-state index contributed by atoms with van der Waals surface area (Å²) in [4.78, 5) is 15.0. The number of hydrogen-bond donors (Lipinski definition) is 0. The lowest BCUT2D eigenvalue weighted by Gasteiger charge is -2.23. The van der Waals surface area contributed by atoms with Gasteiger partial charge in [0.05, 0.1) is 18.7 Å². The van der Waals surface area contributed by atoms with E-state index < -0.39 is 0 Å². The monoisotopic (exact) mass is 431 g/mol. The molecule has 0 bridgehead atoms. The smallest absolute Gasteiger partial charge is 0.308 e. The normalized spacial score (nSPS) is 15.4. The number of methoxy groups -OCH3 is 1. The summed E-state index contributed by atoms with van der Waals surface area (Å²) < 4.78 is 5.46. The standard InChI is InChI=1S/C18H20BrN.C5H10O2/c1-11(2)17-16-7-4-12(3)8-13(16)5-6-14-9-15(19)10-20-18(14)17;1-4(2)5(6)7-3/h4,7-11,17H,5-6H2,1-3H3;4H,1-3H3. The fourth-order valence-corrected chi connectivity index (χ4v) is 3.93. The number of pyridine rings is 1. The van der Waals surface area contributed by atoms with E-state index in [1.54, 1.807) is 13.8 Å². The maximum atomic E-state index is 10.3. The Kier molecular flexibility index (Phi) is 7.60. The summed E-state index contributed by atoms with van der Waals surface area (Å²) >= 11 is 3.56. The lowest BCUT2D eigenvalue weighted by molar-refractivity contribution is -0.144. The minimum atomic E-state index is -0.153. The van der Waals surface area contributed by atoms with Gasteiger partial charge < -0.3 is 4.74 Å². The molecule has 1 aromatic carbocycles. The average Bonchev–Trinajstić information content (AvgIpc) is 2.77. The zero-order valence-corrected chi connectivity index (χ0v) is 18.8. The average molecular weight is 432 g/mol. The number of aromatic nitrogens is 1. The van der Waals surface area contributed by atoms with Gasteiger partial charge in [0.25, 0.3) is 0 Å². The van der Waals surface area contributed by atoms with Gasteiger partial charge in [-0.15, -0.1) is 0 Å². The molecule has 1 aromatic heterocycles. The molecule has 3 rings (SSSR count). The van der Waals surface area contributed by atoms with Gasteiger partial charge in [0.2, 0.25) is 0 Å². The summed E-state index contributed by atoms with van der Waals surface area (Å²) in [6.45, 7) is 10.4. The molecule has 27 heavy (non-hydrogen) atoms. The second kappa shape index (κ2) is 9.50. The molecule has 2 aromatic rings. The molecule has 0 radical (unpaired) electrons. The summed E-state index contributed by atoms with van der Waals surface area (Å²) in [6.07, 6.45) is 4.14.